The Hall–Kier alpha value is -3.06. The molecule has 1 aromatic carbocycles. The Labute approximate surface area is 198 Å². The molecule has 174 valence electrons. The quantitative estimate of drug-likeness (QED) is 0.468. The minimum absolute atomic E-state index is 0.00902. The predicted octanol–water partition coefficient (Wildman–Crippen LogP) is 5.02. The summed E-state index contributed by atoms with van der Waals surface area (Å²) in [6.45, 7) is 7.06. The highest BCUT2D eigenvalue weighted by atomic mass is 32.1. The SMILES string of the molecule is CC(=O)N(CC(=O)N1CCc2sccc2C1COc1ccc(C(C)C)cc1)Cc1ccco1. The van der Waals surface area contributed by atoms with Crippen molar-refractivity contribution in [2.24, 2.45) is 0 Å². The molecule has 0 saturated heterocycles. The number of thiophene rings is 1. The van der Waals surface area contributed by atoms with Crippen LogP contribution in [0.2, 0.25) is 0 Å². The summed E-state index contributed by atoms with van der Waals surface area (Å²) in [4.78, 5) is 30.2. The molecule has 2 amide bonds. The van der Waals surface area contributed by atoms with Gasteiger partial charge in [0.1, 0.15) is 24.7 Å². The van der Waals surface area contributed by atoms with Crippen molar-refractivity contribution in [2.45, 2.75) is 45.7 Å². The van der Waals surface area contributed by atoms with Crippen molar-refractivity contribution in [3.8, 4) is 5.75 Å². The van der Waals surface area contributed by atoms with Gasteiger partial charge in [-0.1, -0.05) is 26.0 Å². The van der Waals surface area contributed by atoms with E-state index in [4.69, 9.17) is 9.15 Å². The predicted molar refractivity (Wildman–Crippen MR) is 128 cm³/mol. The number of furan rings is 1. The highest BCUT2D eigenvalue weighted by Crippen LogP contribution is 2.34. The molecule has 4 rings (SSSR count). The van der Waals surface area contributed by atoms with Gasteiger partial charge in [-0.15, -0.1) is 11.3 Å². The second kappa shape index (κ2) is 10.3. The van der Waals surface area contributed by atoms with Crippen LogP contribution in [0, 0.1) is 0 Å². The van der Waals surface area contributed by atoms with Crippen LogP contribution in [0.3, 0.4) is 0 Å². The largest absolute Gasteiger partial charge is 0.491 e. The Kier molecular flexibility index (Phi) is 7.18. The van der Waals surface area contributed by atoms with Gasteiger partial charge in [0, 0.05) is 18.3 Å². The smallest absolute Gasteiger partial charge is 0.242 e. The van der Waals surface area contributed by atoms with Crippen LogP contribution in [0.5, 0.6) is 5.75 Å². The van der Waals surface area contributed by atoms with Crippen LogP contribution in [-0.2, 0) is 22.6 Å². The fraction of sp³-hybridized carbons (Fsp3) is 0.385. The van der Waals surface area contributed by atoms with Crippen LogP contribution in [0.25, 0.3) is 0 Å². The second-order valence-corrected chi connectivity index (χ2v) is 9.64. The van der Waals surface area contributed by atoms with Gasteiger partial charge >= 0.3 is 0 Å². The van der Waals surface area contributed by atoms with E-state index in [0.717, 1.165) is 17.7 Å². The van der Waals surface area contributed by atoms with E-state index < -0.39 is 0 Å². The van der Waals surface area contributed by atoms with Crippen molar-refractivity contribution in [1.29, 1.82) is 0 Å². The second-order valence-electron chi connectivity index (χ2n) is 8.64. The third-order valence-electron chi connectivity index (χ3n) is 6.07. The Bertz CT molecular complexity index is 1070. The Morgan fingerprint density at radius 1 is 1.21 bits per heavy atom. The van der Waals surface area contributed by atoms with E-state index in [-0.39, 0.29) is 30.9 Å². The van der Waals surface area contributed by atoms with E-state index in [2.05, 4.69) is 37.4 Å². The van der Waals surface area contributed by atoms with Crippen LogP contribution >= 0.6 is 11.3 Å². The first-order chi connectivity index (χ1) is 15.9. The lowest BCUT2D eigenvalue weighted by Crippen LogP contribution is -2.47. The summed E-state index contributed by atoms with van der Waals surface area (Å²) in [7, 11) is 0. The third kappa shape index (κ3) is 5.47. The van der Waals surface area contributed by atoms with Gasteiger partial charge in [0.25, 0.3) is 0 Å². The highest BCUT2D eigenvalue weighted by molar-refractivity contribution is 7.10. The van der Waals surface area contributed by atoms with E-state index in [1.807, 2.05) is 17.0 Å². The zero-order valence-electron chi connectivity index (χ0n) is 19.3. The minimum Gasteiger partial charge on any atom is -0.491 e. The van der Waals surface area contributed by atoms with Crippen molar-refractivity contribution in [2.75, 3.05) is 19.7 Å². The van der Waals surface area contributed by atoms with Crippen molar-refractivity contribution < 1.29 is 18.7 Å². The van der Waals surface area contributed by atoms with Crippen LogP contribution in [-0.4, -0.2) is 41.3 Å². The molecule has 1 atom stereocenters. The molecule has 0 aliphatic carbocycles. The summed E-state index contributed by atoms with van der Waals surface area (Å²) < 4.78 is 11.5. The van der Waals surface area contributed by atoms with Crippen LogP contribution in [0.15, 0.2) is 58.5 Å². The molecule has 7 heteroatoms. The summed E-state index contributed by atoms with van der Waals surface area (Å²) in [6, 6.07) is 13.6. The fourth-order valence-electron chi connectivity index (χ4n) is 4.12. The Morgan fingerprint density at radius 3 is 2.67 bits per heavy atom. The van der Waals surface area contributed by atoms with Crippen molar-refractivity contribution in [3.63, 3.8) is 0 Å². The number of ether oxygens (including phenoxy) is 1. The van der Waals surface area contributed by atoms with Crippen molar-refractivity contribution >= 4 is 23.2 Å². The van der Waals surface area contributed by atoms with E-state index >= 15 is 0 Å². The summed E-state index contributed by atoms with van der Waals surface area (Å²) in [6.07, 6.45) is 2.38. The number of amides is 2. The normalized spacial score (nSPS) is 15.4. The van der Waals surface area contributed by atoms with Gasteiger partial charge in [-0.05, 0) is 59.2 Å². The van der Waals surface area contributed by atoms with Gasteiger partial charge in [0.15, 0.2) is 0 Å². The maximum atomic E-state index is 13.4. The van der Waals surface area contributed by atoms with Crippen LogP contribution in [0.4, 0.5) is 0 Å². The number of benzene rings is 1. The van der Waals surface area contributed by atoms with Gasteiger partial charge in [-0.2, -0.15) is 0 Å². The molecule has 1 aliphatic heterocycles. The topological polar surface area (TPSA) is 63.0 Å². The highest BCUT2D eigenvalue weighted by Gasteiger charge is 2.33. The number of hydrogen-bond donors (Lipinski definition) is 0. The molecular weight excluding hydrogens is 436 g/mol. The first kappa shape index (κ1) is 23.1. The molecule has 0 bridgehead atoms. The lowest BCUT2D eigenvalue weighted by molar-refractivity contribution is -0.142. The molecule has 0 radical (unpaired) electrons. The lowest BCUT2D eigenvalue weighted by Gasteiger charge is -2.37. The molecule has 1 aliphatic rings. The molecular formula is C26H30N2O4S. The van der Waals surface area contributed by atoms with Crippen molar-refractivity contribution in [3.05, 3.63) is 75.9 Å². The molecule has 1 unspecified atom stereocenters. The molecule has 0 spiro atoms. The fourth-order valence-corrected chi connectivity index (χ4v) is 5.05. The summed E-state index contributed by atoms with van der Waals surface area (Å²) >= 11 is 1.72. The van der Waals surface area contributed by atoms with Gasteiger partial charge in [-0.3, -0.25) is 9.59 Å². The summed E-state index contributed by atoms with van der Waals surface area (Å²) in [5.74, 6) is 1.66. The monoisotopic (exact) mass is 466 g/mol. The first-order valence-corrected chi connectivity index (χ1v) is 12.2. The van der Waals surface area contributed by atoms with E-state index in [1.165, 1.54) is 22.3 Å². The molecule has 0 N–H and O–H groups in total. The summed E-state index contributed by atoms with van der Waals surface area (Å²) in [5, 5.41) is 2.07. The number of fused-ring (bicyclic) bond motifs is 1. The van der Waals surface area contributed by atoms with Crippen molar-refractivity contribution in [1.82, 2.24) is 9.80 Å². The Morgan fingerprint density at radius 2 is 2.00 bits per heavy atom. The average Bonchev–Trinajstić information content (AvgIpc) is 3.49. The summed E-state index contributed by atoms with van der Waals surface area (Å²) in [5.41, 5.74) is 2.40. The number of carbonyl (C=O) groups excluding carboxylic acids is 2. The molecule has 0 saturated carbocycles. The van der Waals surface area contributed by atoms with Crippen LogP contribution in [0.1, 0.15) is 54.5 Å². The average molecular weight is 467 g/mol. The number of nitrogens with zero attached hydrogens (tertiary/aromatic N) is 2. The van der Waals surface area contributed by atoms with Gasteiger partial charge in [-0.25, -0.2) is 0 Å². The van der Waals surface area contributed by atoms with Gasteiger partial charge in [0.05, 0.1) is 18.8 Å². The van der Waals surface area contributed by atoms with E-state index in [9.17, 15) is 9.59 Å². The standard InChI is InChI=1S/C26H30N2O4S/c1-18(2)20-6-8-21(9-7-20)32-17-24-23-11-14-33-25(23)10-12-28(24)26(30)16-27(19(3)29)15-22-5-4-13-31-22/h4-9,11,13-14,18,24H,10,12,15-17H2,1-3H3. The van der Waals surface area contributed by atoms with E-state index in [0.29, 0.717) is 24.8 Å². The molecule has 0 fully saturated rings. The zero-order chi connectivity index (χ0) is 23.4. The maximum Gasteiger partial charge on any atom is 0.242 e. The molecule has 6 nitrogen and oxygen atoms in total. The minimum atomic E-state index is -0.185. The van der Waals surface area contributed by atoms with Crippen LogP contribution < -0.4 is 4.74 Å². The first-order valence-electron chi connectivity index (χ1n) is 11.3. The number of rotatable bonds is 8. The zero-order valence-corrected chi connectivity index (χ0v) is 20.1. The molecule has 3 aromatic rings. The molecule has 33 heavy (non-hydrogen) atoms. The third-order valence-corrected chi connectivity index (χ3v) is 7.06. The Balaban J connectivity index is 1.48. The number of hydrogen-bond acceptors (Lipinski definition) is 5. The van der Waals surface area contributed by atoms with Gasteiger partial charge in [0.2, 0.25) is 11.8 Å². The lowest BCUT2D eigenvalue weighted by atomic mass is 10.00. The maximum absolute atomic E-state index is 13.4. The van der Waals surface area contributed by atoms with Gasteiger partial charge < -0.3 is 19.0 Å². The van der Waals surface area contributed by atoms with E-state index in [1.54, 1.807) is 29.7 Å². The molecule has 2 aromatic heterocycles. The molecule has 3 heterocycles. The number of carbonyl (C=O) groups is 2.